The van der Waals surface area contributed by atoms with Gasteiger partial charge in [0.15, 0.2) is 0 Å². The predicted octanol–water partition coefficient (Wildman–Crippen LogP) is 3.41. The lowest BCUT2D eigenvalue weighted by Gasteiger charge is -2.18. The summed E-state index contributed by atoms with van der Waals surface area (Å²) in [6.45, 7) is 0. The molecule has 3 aromatic rings. The first-order valence-corrected chi connectivity index (χ1v) is 11.0. The lowest BCUT2D eigenvalue weighted by Crippen LogP contribution is -2.33. The van der Waals surface area contributed by atoms with Crippen LogP contribution in [0.3, 0.4) is 0 Å². The van der Waals surface area contributed by atoms with Gasteiger partial charge in [0.1, 0.15) is 5.02 Å². The van der Waals surface area contributed by atoms with Gasteiger partial charge in [-0.15, -0.1) is 0 Å². The highest BCUT2D eigenvalue weighted by Gasteiger charge is 2.34. The monoisotopic (exact) mass is 440 g/mol. The molecule has 0 saturated heterocycles. The maximum absolute atomic E-state index is 12.9. The Labute approximate surface area is 166 Å². The largest absolute Gasteiger partial charge is 0.289 e. The SMILES string of the molecule is CN(S(=O)(=O)c1ccc(Cl)c([N+](=O)[O-])c1)S(=O)(=O)c1ccc2ccccc2c1. The van der Waals surface area contributed by atoms with Crippen molar-refractivity contribution in [1.29, 1.82) is 0 Å². The van der Waals surface area contributed by atoms with E-state index in [0.717, 1.165) is 30.6 Å². The number of nitro benzene ring substituents is 1. The number of halogens is 1. The minimum atomic E-state index is -4.59. The van der Waals surface area contributed by atoms with Crippen LogP contribution >= 0.6 is 11.6 Å². The third-order valence-corrected chi connectivity index (χ3v) is 8.66. The van der Waals surface area contributed by atoms with Gasteiger partial charge in [-0.05, 0) is 35.0 Å². The van der Waals surface area contributed by atoms with E-state index in [1.807, 2.05) is 0 Å². The molecule has 0 atom stereocenters. The fraction of sp³-hybridized carbons (Fsp3) is 0.0588. The lowest BCUT2D eigenvalue weighted by atomic mass is 10.1. The van der Waals surface area contributed by atoms with Crippen LogP contribution in [0.15, 0.2) is 70.5 Å². The summed E-state index contributed by atoms with van der Waals surface area (Å²) in [5.74, 6) is 0. The summed E-state index contributed by atoms with van der Waals surface area (Å²) in [5.41, 5.74) is -0.640. The van der Waals surface area contributed by atoms with Crippen LogP contribution in [0.1, 0.15) is 0 Å². The Morgan fingerprint density at radius 1 is 0.857 bits per heavy atom. The van der Waals surface area contributed by atoms with Gasteiger partial charge in [0, 0.05) is 13.1 Å². The molecule has 28 heavy (non-hydrogen) atoms. The first kappa shape index (κ1) is 20.2. The average molecular weight is 441 g/mol. The van der Waals surface area contributed by atoms with Gasteiger partial charge in [0.05, 0.1) is 14.7 Å². The quantitative estimate of drug-likeness (QED) is 0.443. The van der Waals surface area contributed by atoms with Gasteiger partial charge in [-0.1, -0.05) is 45.6 Å². The van der Waals surface area contributed by atoms with Crippen molar-refractivity contribution in [3.05, 3.63) is 75.8 Å². The molecule has 0 aliphatic heterocycles. The molecule has 0 aliphatic carbocycles. The second-order valence-electron chi connectivity index (χ2n) is 5.77. The van der Waals surface area contributed by atoms with Crippen molar-refractivity contribution in [3.63, 3.8) is 0 Å². The van der Waals surface area contributed by atoms with Crippen molar-refractivity contribution in [3.8, 4) is 0 Å². The molecule has 0 unspecified atom stereocenters. The van der Waals surface area contributed by atoms with Crippen molar-refractivity contribution in [1.82, 2.24) is 3.71 Å². The van der Waals surface area contributed by atoms with E-state index in [2.05, 4.69) is 0 Å². The Morgan fingerprint density at radius 3 is 2.00 bits per heavy atom. The van der Waals surface area contributed by atoms with Gasteiger partial charge >= 0.3 is 0 Å². The molecule has 0 aromatic heterocycles. The van der Waals surface area contributed by atoms with Gasteiger partial charge in [0.25, 0.3) is 25.7 Å². The van der Waals surface area contributed by atoms with E-state index in [4.69, 9.17) is 11.6 Å². The summed E-state index contributed by atoms with van der Waals surface area (Å²) < 4.78 is 51.5. The molecule has 0 fully saturated rings. The lowest BCUT2D eigenvalue weighted by molar-refractivity contribution is -0.384. The molecule has 11 heteroatoms. The summed E-state index contributed by atoms with van der Waals surface area (Å²) in [6.07, 6.45) is 0. The molecule has 0 N–H and O–H groups in total. The van der Waals surface area contributed by atoms with Gasteiger partial charge in [-0.25, -0.2) is 16.8 Å². The molecule has 8 nitrogen and oxygen atoms in total. The van der Waals surface area contributed by atoms with Crippen LogP contribution in [-0.4, -0.2) is 32.5 Å². The molecular formula is C17H13ClN2O6S2. The number of hydrogen-bond donors (Lipinski definition) is 0. The molecule has 0 bridgehead atoms. The first-order chi connectivity index (χ1) is 13.0. The number of fused-ring (bicyclic) bond motifs is 1. The van der Waals surface area contributed by atoms with Crippen LogP contribution in [0.2, 0.25) is 5.02 Å². The zero-order valence-electron chi connectivity index (χ0n) is 14.3. The highest BCUT2D eigenvalue weighted by Crippen LogP contribution is 2.30. The number of rotatable bonds is 5. The van der Waals surface area contributed by atoms with Gasteiger partial charge in [-0.3, -0.25) is 10.1 Å². The van der Waals surface area contributed by atoms with E-state index in [1.165, 1.54) is 12.1 Å². The molecule has 0 amide bonds. The molecule has 0 heterocycles. The summed E-state index contributed by atoms with van der Waals surface area (Å²) in [5, 5.41) is 12.2. The van der Waals surface area contributed by atoms with E-state index >= 15 is 0 Å². The van der Waals surface area contributed by atoms with Crippen LogP contribution in [0.25, 0.3) is 10.8 Å². The Balaban J connectivity index is 2.09. The summed E-state index contributed by atoms with van der Waals surface area (Å²) >= 11 is 5.69. The Kier molecular flexibility index (Phi) is 5.15. The molecule has 0 saturated carbocycles. The topological polar surface area (TPSA) is 115 Å². The van der Waals surface area contributed by atoms with Gasteiger partial charge < -0.3 is 0 Å². The normalized spacial score (nSPS) is 12.4. The maximum Gasteiger partial charge on any atom is 0.289 e. The zero-order chi connectivity index (χ0) is 20.7. The van der Waals surface area contributed by atoms with Crippen LogP contribution in [0.5, 0.6) is 0 Å². The van der Waals surface area contributed by atoms with Crippen molar-refractivity contribution >= 4 is 48.1 Å². The Bertz CT molecular complexity index is 1310. The standard InChI is InChI=1S/C17H13ClN2O6S2/c1-19(28(25,26)15-8-9-16(18)17(11-15)20(21)22)27(23,24)14-7-6-12-4-2-3-5-13(12)10-14/h2-11H,1H3. The van der Waals surface area contributed by atoms with E-state index in [1.54, 1.807) is 30.3 Å². The molecular weight excluding hydrogens is 428 g/mol. The van der Waals surface area contributed by atoms with E-state index in [9.17, 15) is 26.9 Å². The van der Waals surface area contributed by atoms with Crippen molar-refractivity contribution in [2.45, 2.75) is 9.79 Å². The highest BCUT2D eigenvalue weighted by molar-refractivity contribution is 8.04. The summed E-state index contributed by atoms with van der Waals surface area (Å²) in [7, 11) is -8.15. The van der Waals surface area contributed by atoms with Crippen LogP contribution in [-0.2, 0) is 20.0 Å². The number of sulfonamides is 2. The van der Waals surface area contributed by atoms with E-state index < -0.39 is 35.6 Å². The minimum absolute atomic E-state index is 0.192. The van der Waals surface area contributed by atoms with E-state index in [0.29, 0.717) is 5.39 Å². The Morgan fingerprint density at radius 2 is 1.39 bits per heavy atom. The molecule has 3 aromatic carbocycles. The second kappa shape index (κ2) is 7.13. The molecule has 0 aliphatic rings. The van der Waals surface area contributed by atoms with Crippen molar-refractivity contribution < 1.29 is 21.8 Å². The molecule has 0 radical (unpaired) electrons. The van der Waals surface area contributed by atoms with Crippen molar-refractivity contribution in [2.24, 2.45) is 0 Å². The van der Waals surface area contributed by atoms with Gasteiger partial charge in [-0.2, -0.15) is 0 Å². The minimum Gasteiger partial charge on any atom is -0.258 e. The second-order valence-corrected chi connectivity index (χ2v) is 10.3. The van der Waals surface area contributed by atoms with Crippen LogP contribution < -0.4 is 0 Å². The average Bonchev–Trinajstić information content (AvgIpc) is 2.66. The third kappa shape index (κ3) is 3.47. The number of nitrogens with zero attached hydrogens (tertiary/aromatic N) is 2. The molecule has 3 rings (SSSR count). The molecule has 146 valence electrons. The van der Waals surface area contributed by atoms with Crippen LogP contribution in [0, 0.1) is 10.1 Å². The molecule has 0 spiro atoms. The van der Waals surface area contributed by atoms with Crippen molar-refractivity contribution in [2.75, 3.05) is 7.05 Å². The van der Waals surface area contributed by atoms with Gasteiger partial charge in [0.2, 0.25) is 0 Å². The number of benzene rings is 3. The first-order valence-electron chi connectivity index (χ1n) is 7.72. The summed E-state index contributed by atoms with van der Waals surface area (Å²) in [4.78, 5) is 9.38. The van der Waals surface area contributed by atoms with Crippen LogP contribution in [0.4, 0.5) is 5.69 Å². The third-order valence-electron chi connectivity index (χ3n) is 4.11. The maximum atomic E-state index is 12.9. The smallest absolute Gasteiger partial charge is 0.258 e. The Hall–Kier alpha value is -2.53. The fourth-order valence-corrected chi connectivity index (χ4v) is 5.89. The van der Waals surface area contributed by atoms with E-state index in [-0.39, 0.29) is 13.6 Å². The number of nitro groups is 1. The summed E-state index contributed by atoms with van der Waals surface area (Å²) in [6, 6.07) is 14.0. The zero-order valence-corrected chi connectivity index (χ0v) is 16.7. The fourth-order valence-electron chi connectivity index (χ4n) is 2.55. The highest BCUT2D eigenvalue weighted by atomic mass is 35.5. The number of hydrogen-bond acceptors (Lipinski definition) is 6. The predicted molar refractivity (Wildman–Crippen MR) is 104 cm³/mol.